The molecule has 0 radical (unpaired) electrons. The summed E-state index contributed by atoms with van der Waals surface area (Å²) < 4.78 is 39.7. The van der Waals surface area contributed by atoms with E-state index >= 15 is 0 Å². The normalized spacial score (nSPS) is 19.0. The Morgan fingerprint density at radius 1 is 1.20 bits per heavy atom. The second kappa shape index (κ2) is 8.65. The van der Waals surface area contributed by atoms with Crippen molar-refractivity contribution in [2.24, 2.45) is 5.92 Å². The van der Waals surface area contributed by atoms with Gasteiger partial charge >= 0.3 is 5.91 Å². The lowest BCUT2D eigenvalue weighted by atomic mass is 9.95. The van der Waals surface area contributed by atoms with Gasteiger partial charge in [0.2, 0.25) is 10.0 Å². The number of aromatic nitrogens is 1. The van der Waals surface area contributed by atoms with Gasteiger partial charge in [-0.3, -0.25) is 9.10 Å². The van der Waals surface area contributed by atoms with Gasteiger partial charge in [0, 0.05) is 30.2 Å². The van der Waals surface area contributed by atoms with E-state index in [0.717, 1.165) is 4.47 Å². The zero-order chi connectivity index (χ0) is 22.1. The fraction of sp³-hybridized carbons (Fsp3) is 0.300. The highest BCUT2D eigenvalue weighted by Gasteiger charge is 2.43. The number of allylic oxidation sites excluding steroid dienone is 3. The van der Waals surface area contributed by atoms with E-state index < -0.39 is 27.1 Å². The Balaban J connectivity index is 1.96. The number of hydrogen-bond acceptors (Lipinski definition) is 6. The number of methoxy groups -OCH3 is 1. The molecule has 0 bridgehead atoms. The molecule has 1 aliphatic rings. The number of halogens is 1. The van der Waals surface area contributed by atoms with Crippen molar-refractivity contribution >= 4 is 37.5 Å². The summed E-state index contributed by atoms with van der Waals surface area (Å²) in [4.78, 5) is 17.9. The SMILES string of the molecule is COC1=CC=C(N(C)C(=O)c2ncco2)C(C)C1S(=O)(=O)N(C)c1ccc(Br)cc1. The van der Waals surface area contributed by atoms with Crippen molar-refractivity contribution in [1.29, 1.82) is 0 Å². The molecule has 0 aliphatic heterocycles. The highest BCUT2D eigenvalue weighted by atomic mass is 79.9. The minimum Gasteiger partial charge on any atom is -0.500 e. The molecular weight excluding hydrogens is 474 g/mol. The van der Waals surface area contributed by atoms with Gasteiger partial charge in [-0.15, -0.1) is 0 Å². The maximum atomic E-state index is 13.5. The van der Waals surface area contributed by atoms with Crippen molar-refractivity contribution in [1.82, 2.24) is 9.88 Å². The summed E-state index contributed by atoms with van der Waals surface area (Å²) in [5.74, 6) is -0.813. The Bertz CT molecular complexity index is 1080. The summed E-state index contributed by atoms with van der Waals surface area (Å²) in [6, 6.07) is 6.96. The molecule has 3 rings (SSSR count). The van der Waals surface area contributed by atoms with Crippen LogP contribution in [0.5, 0.6) is 0 Å². The number of nitrogens with zero attached hydrogens (tertiary/aromatic N) is 3. The molecule has 0 spiro atoms. The molecule has 1 aliphatic carbocycles. The number of amides is 1. The molecule has 2 unspecified atom stereocenters. The van der Waals surface area contributed by atoms with E-state index in [2.05, 4.69) is 20.9 Å². The number of rotatable bonds is 6. The van der Waals surface area contributed by atoms with Gasteiger partial charge in [-0.1, -0.05) is 22.9 Å². The lowest BCUT2D eigenvalue weighted by Gasteiger charge is -2.36. The first kappa shape index (κ1) is 22.1. The van der Waals surface area contributed by atoms with Crippen molar-refractivity contribution in [3.8, 4) is 0 Å². The summed E-state index contributed by atoms with van der Waals surface area (Å²) in [6.45, 7) is 1.74. The quantitative estimate of drug-likeness (QED) is 0.609. The number of sulfonamides is 1. The van der Waals surface area contributed by atoms with Gasteiger partial charge in [0.15, 0.2) is 0 Å². The smallest absolute Gasteiger partial charge is 0.313 e. The molecule has 1 aromatic carbocycles. The third kappa shape index (κ3) is 4.01. The molecule has 1 heterocycles. The fourth-order valence-corrected chi connectivity index (χ4v) is 5.52. The van der Waals surface area contributed by atoms with Crippen molar-refractivity contribution < 1.29 is 22.4 Å². The zero-order valence-corrected chi connectivity index (χ0v) is 19.3. The van der Waals surface area contributed by atoms with Crippen LogP contribution in [0.2, 0.25) is 0 Å². The molecule has 0 N–H and O–H groups in total. The maximum absolute atomic E-state index is 13.5. The van der Waals surface area contributed by atoms with Crippen molar-refractivity contribution in [2.75, 3.05) is 25.5 Å². The van der Waals surface area contributed by atoms with Crippen LogP contribution in [-0.4, -0.2) is 50.7 Å². The third-order valence-electron chi connectivity index (χ3n) is 5.06. The number of oxazole rings is 1. The fourth-order valence-electron chi connectivity index (χ4n) is 3.38. The topological polar surface area (TPSA) is 93.0 Å². The zero-order valence-electron chi connectivity index (χ0n) is 16.9. The second-order valence-corrected chi connectivity index (χ2v) is 9.77. The number of benzene rings is 1. The van der Waals surface area contributed by atoms with E-state index in [1.54, 1.807) is 50.4 Å². The van der Waals surface area contributed by atoms with Crippen molar-refractivity contribution in [3.05, 3.63) is 70.7 Å². The van der Waals surface area contributed by atoms with Crippen LogP contribution in [0, 0.1) is 5.92 Å². The molecule has 1 aromatic heterocycles. The largest absolute Gasteiger partial charge is 0.500 e. The lowest BCUT2D eigenvalue weighted by Crippen LogP contribution is -2.45. The second-order valence-electron chi connectivity index (χ2n) is 6.76. The monoisotopic (exact) mass is 495 g/mol. The van der Waals surface area contributed by atoms with Gasteiger partial charge in [-0.2, -0.15) is 0 Å². The van der Waals surface area contributed by atoms with E-state index in [1.165, 1.54) is 35.8 Å². The van der Waals surface area contributed by atoms with E-state index in [0.29, 0.717) is 17.1 Å². The molecule has 30 heavy (non-hydrogen) atoms. The Hall–Kier alpha value is -2.59. The third-order valence-corrected chi connectivity index (χ3v) is 7.84. The summed E-state index contributed by atoms with van der Waals surface area (Å²) in [5, 5.41) is -1.02. The Labute approximate surface area is 184 Å². The van der Waals surface area contributed by atoms with Gasteiger partial charge < -0.3 is 14.1 Å². The molecule has 0 saturated heterocycles. The van der Waals surface area contributed by atoms with Crippen molar-refractivity contribution in [2.45, 2.75) is 12.2 Å². The molecule has 2 atom stereocenters. The molecule has 160 valence electrons. The molecular formula is C20H22BrN3O5S. The van der Waals surface area contributed by atoms with Crippen LogP contribution in [0.4, 0.5) is 5.69 Å². The molecule has 0 saturated carbocycles. The van der Waals surface area contributed by atoms with Gasteiger partial charge in [0.1, 0.15) is 17.3 Å². The van der Waals surface area contributed by atoms with Gasteiger partial charge in [-0.25, -0.2) is 13.4 Å². The first-order valence-electron chi connectivity index (χ1n) is 9.05. The lowest BCUT2D eigenvalue weighted by molar-refractivity contribution is 0.0782. The Morgan fingerprint density at radius 3 is 2.43 bits per heavy atom. The van der Waals surface area contributed by atoms with E-state index in [1.807, 2.05) is 0 Å². The van der Waals surface area contributed by atoms with E-state index in [9.17, 15) is 13.2 Å². The number of ether oxygens (including phenoxy) is 1. The van der Waals surface area contributed by atoms with Crippen LogP contribution >= 0.6 is 15.9 Å². The first-order valence-corrected chi connectivity index (χ1v) is 11.3. The average molecular weight is 496 g/mol. The molecule has 2 aromatic rings. The van der Waals surface area contributed by atoms with Gasteiger partial charge in [0.25, 0.3) is 5.89 Å². The average Bonchev–Trinajstić information content (AvgIpc) is 3.27. The van der Waals surface area contributed by atoms with Crippen LogP contribution in [0.25, 0.3) is 0 Å². The number of hydrogen-bond donors (Lipinski definition) is 0. The summed E-state index contributed by atoms with van der Waals surface area (Å²) in [6.07, 6.45) is 5.94. The van der Waals surface area contributed by atoms with E-state index in [4.69, 9.17) is 9.15 Å². The maximum Gasteiger partial charge on any atom is 0.313 e. The molecule has 1 amide bonds. The van der Waals surface area contributed by atoms with Crippen LogP contribution in [0.15, 0.2) is 69.2 Å². The standard InChI is InChI=1S/C20H22BrN3O5S/c1-13-16(23(2)20(25)19-22-11-12-29-19)9-10-17(28-4)18(13)30(26,27)24(3)15-7-5-14(21)6-8-15/h5-13,18H,1-4H3. The summed E-state index contributed by atoms with van der Waals surface area (Å²) in [7, 11) is 0.611. The minimum atomic E-state index is -3.88. The number of anilines is 1. The van der Waals surface area contributed by atoms with Crippen molar-refractivity contribution in [3.63, 3.8) is 0 Å². The predicted molar refractivity (Wildman–Crippen MR) is 116 cm³/mol. The summed E-state index contributed by atoms with van der Waals surface area (Å²) >= 11 is 3.35. The Kier molecular flexibility index (Phi) is 6.37. The predicted octanol–water partition coefficient (Wildman–Crippen LogP) is 3.41. The molecule has 8 nitrogen and oxygen atoms in total. The molecule has 0 fully saturated rings. The van der Waals surface area contributed by atoms with E-state index in [-0.39, 0.29) is 5.89 Å². The van der Waals surface area contributed by atoms with Crippen LogP contribution in [-0.2, 0) is 14.8 Å². The number of carbonyl (C=O) groups excluding carboxylic acids is 1. The molecule has 10 heteroatoms. The number of carbonyl (C=O) groups is 1. The first-order chi connectivity index (χ1) is 14.2. The van der Waals surface area contributed by atoms with Gasteiger partial charge in [0.05, 0.1) is 19.0 Å². The van der Waals surface area contributed by atoms with Crippen LogP contribution < -0.4 is 4.31 Å². The summed E-state index contributed by atoms with van der Waals surface area (Å²) in [5.41, 5.74) is 1.03. The minimum absolute atomic E-state index is 0.0708. The Morgan fingerprint density at radius 2 is 1.87 bits per heavy atom. The van der Waals surface area contributed by atoms with Crippen LogP contribution in [0.1, 0.15) is 17.6 Å². The highest BCUT2D eigenvalue weighted by molar-refractivity contribution is 9.10. The van der Waals surface area contributed by atoms with Gasteiger partial charge in [-0.05, 0) is 36.4 Å². The highest BCUT2D eigenvalue weighted by Crippen LogP contribution is 2.35. The van der Waals surface area contributed by atoms with Crippen LogP contribution in [0.3, 0.4) is 0 Å².